The summed E-state index contributed by atoms with van der Waals surface area (Å²) in [6.45, 7) is 6.32. The lowest BCUT2D eigenvalue weighted by Gasteiger charge is -2.25. The van der Waals surface area contributed by atoms with Gasteiger partial charge in [-0.2, -0.15) is 5.09 Å². The van der Waals surface area contributed by atoms with E-state index in [-0.39, 0.29) is 28.8 Å². The Morgan fingerprint density at radius 3 is 2.60 bits per heavy atom. The number of aliphatic hydroxyl groups is 1. The smallest absolute Gasteiger partial charge is 0.459 e. The van der Waals surface area contributed by atoms with Crippen molar-refractivity contribution in [1.82, 2.24) is 14.6 Å². The Hall–Kier alpha value is -2.34. The van der Waals surface area contributed by atoms with Crippen molar-refractivity contribution in [2.75, 3.05) is 6.61 Å². The van der Waals surface area contributed by atoms with Crippen molar-refractivity contribution >= 4 is 25.9 Å². The number of para-hydroxylation sites is 1. The van der Waals surface area contributed by atoms with Crippen molar-refractivity contribution in [3.8, 4) is 5.75 Å². The molecule has 13 heteroatoms. The molecule has 11 nitrogen and oxygen atoms in total. The number of H-pyrrole nitrogens is 1. The monoisotopic (exact) mass is 527 g/mol. The second kappa shape index (κ2) is 11.6. The van der Waals surface area contributed by atoms with Crippen molar-refractivity contribution in [2.45, 2.75) is 58.3 Å². The topological polar surface area (TPSA) is 141 Å². The summed E-state index contributed by atoms with van der Waals surface area (Å²) < 4.78 is 37.6. The molecule has 1 saturated heterocycles. The van der Waals surface area contributed by atoms with E-state index in [1.807, 2.05) is 0 Å². The second-order valence-corrected chi connectivity index (χ2v) is 10.5. The number of hydrogen-bond acceptors (Lipinski definition) is 9. The fourth-order valence-corrected chi connectivity index (χ4v) is 5.25. The third-order valence-corrected chi connectivity index (χ3v) is 7.20. The van der Waals surface area contributed by atoms with Crippen LogP contribution in [0.2, 0.25) is 0 Å². The van der Waals surface area contributed by atoms with Gasteiger partial charge in [0.1, 0.15) is 24.1 Å². The van der Waals surface area contributed by atoms with Gasteiger partial charge in [0.25, 0.3) is 5.56 Å². The molecular formula is C22H30N3O8PS. The number of carbonyl (C=O) groups excluding carboxylic acids is 1. The van der Waals surface area contributed by atoms with Crippen LogP contribution in [0.1, 0.15) is 33.9 Å². The number of esters is 1. The molecule has 1 fully saturated rings. The maximum Gasteiger partial charge on any atom is 0.459 e. The molecule has 2 unspecified atom stereocenters. The van der Waals surface area contributed by atoms with Crippen molar-refractivity contribution in [3.63, 3.8) is 0 Å². The molecule has 1 aliphatic rings. The van der Waals surface area contributed by atoms with Gasteiger partial charge in [0.2, 0.25) is 0 Å². The van der Waals surface area contributed by atoms with E-state index >= 15 is 0 Å². The van der Waals surface area contributed by atoms with Crippen LogP contribution in [0.15, 0.2) is 47.4 Å². The average molecular weight is 528 g/mol. The Bertz CT molecular complexity index is 1170. The molecule has 2 heterocycles. The first kappa shape index (κ1) is 27.3. The number of aromatic amines is 1. The van der Waals surface area contributed by atoms with E-state index in [2.05, 4.69) is 10.1 Å². The van der Waals surface area contributed by atoms with Gasteiger partial charge in [0, 0.05) is 18.2 Å². The minimum Gasteiger partial charge on any atom is -0.462 e. The van der Waals surface area contributed by atoms with Crippen LogP contribution in [0.5, 0.6) is 5.75 Å². The van der Waals surface area contributed by atoms with E-state index in [1.54, 1.807) is 51.1 Å². The number of ether oxygens (including phenoxy) is 2. The second-order valence-electron chi connectivity index (χ2n) is 8.47. The zero-order valence-electron chi connectivity index (χ0n) is 19.8. The lowest BCUT2D eigenvalue weighted by Crippen LogP contribution is -2.37. The van der Waals surface area contributed by atoms with Crippen LogP contribution in [0.4, 0.5) is 0 Å². The summed E-state index contributed by atoms with van der Waals surface area (Å²) in [7, 11) is -4.12. The van der Waals surface area contributed by atoms with Crippen LogP contribution in [0.25, 0.3) is 0 Å². The molecule has 35 heavy (non-hydrogen) atoms. The Labute approximate surface area is 208 Å². The molecular weight excluding hydrogens is 497 g/mol. The third kappa shape index (κ3) is 7.09. The molecule has 0 saturated carbocycles. The molecule has 0 radical (unpaired) electrons. The third-order valence-electron chi connectivity index (χ3n) is 5.24. The lowest BCUT2D eigenvalue weighted by atomic mass is 10.0. The summed E-state index contributed by atoms with van der Waals surface area (Å²) in [5, 5.41) is 13.3. The molecule has 0 amide bonds. The highest BCUT2D eigenvalue weighted by molar-refractivity contribution is 7.71. The summed E-state index contributed by atoms with van der Waals surface area (Å²) in [6, 6.07) is 8.62. The Kier molecular flexibility index (Phi) is 9.03. The van der Waals surface area contributed by atoms with E-state index in [1.165, 1.54) is 23.8 Å². The molecule has 1 aromatic carbocycles. The fourth-order valence-electron chi connectivity index (χ4n) is 3.48. The van der Waals surface area contributed by atoms with Crippen LogP contribution in [0, 0.1) is 10.7 Å². The summed E-state index contributed by atoms with van der Waals surface area (Å²) in [4.78, 5) is 26.3. The number of hydrogen-bond donors (Lipinski definition) is 3. The quantitative estimate of drug-likeness (QED) is 0.240. The predicted octanol–water partition coefficient (Wildman–Crippen LogP) is 2.93. The van der Waals surface area contributed by atoms with Crippen molar-refractivity contribution < 1.29 is 33.0 Å². The van der Waals surface area contributed by atoms with Crippen LogP contribution in [-0.2, 0) is 23.4 Å². The molecule has 2 aromatic rings. The minimum atomic E-state index is -4.12. The van der Waals surface area contributed by atoms with E-state index in [4.69, 9.17) is 30.7 Å². The Balaban J connectivity index is 1.75. The number of carbonyl (C=O) groups is 1. The molecule has 0 aliphatic carbocycles. The highest BCUT2D eigenvalue weighted by Gasteiger charge is 2.44. The zero-order valence-corrected chi connectivity index (χ0v) is 21.5. The zero-order chi connectivity index (χ0) is 25.8. The SMILES string of the molecule is CC(C)OC(=O)[C@H](C)NP(=O)(OC[C@H]1O[C@@H](n2ccc(=O)[nH]c2=S)[C@@H](C)C1O)Oc1ccccc1. The lowest BCUT2D eigenvalue weighted by molar-refractivity contribution is -0.149. The van der Waals surface area contributed by atoms with Gasteiger partial charge in [-0.3, -0.25) is 23.7 Å². The van der Waals surface area contributed by atoms with Gasteiger partial charge in [-0.15, -0.1) is 0 Å². The van der Waals surface area contributed by atoms with E-state index in [0.717, 1.165) is 0 Å². The number of nitrogens with one attached hydrogen (secondary N) is 2. The van der Waals surface area contributed by atoms with Gasteiger partial charge in [0.05, 0.1) is 18.8 Å². The van der Waals surface area contributed by atoms with E-state index in [9.17, 15) is 19.3 Å². The standard InChI is InChI=1S/C22H30N3O8PS/c1-13(2)31-21(28)15(4)24-34(29,33-16-8-6-5-7-9-16)30-12-17-19(27)14(3)20(32-17)25-11-10-18(26)23-22(25)35/h5-11,13-15,17,19-20,27H,12H2,1-4H3,(H,24,29)(H,23,26,35)/t14-,15-,17+,19?,20+,34?/m0/s1. The number of benzene rings is 1. The van der Waals surface area contributed by atoms with Gasteiger partial charge in [-0.05, 0) is 45.1 Å². The van der Waals surface area contributed by atoms with Crippen molar-refractivity contribution in [1.29, 1.82) is 0 Å². The highest BCUT2D eigenvalue weighted by Crippen LogP contribution is 2.46. The van der Waals surface area contributed by atoms with Gasteiger partial charge < -0.3 is 19.1 Å². The van der Waals surface area contributed by atoms with Crippen molar-refractivity contribution in [3.05, 3.63) is 57.7 Å². The molecule has 1 aliphatic heterocycles. The van der Waals surface area contributed by atoms with Gasteiger partial charge >= 0.3 is 13.7 Å². The first-order valence-electron chi connectivity index (χ1n) is 11.1. The number of rotatable bonds is 10. The van der Waals surface area contributed by atoms with Gasteiger partial charge in [-0.1, -0.05) is 25.1 Å². The summed E-state index contributed by atoms with van der Waals surface area (Å²) in [6.07, 6.45) is -1.46. The van der Waals surface area contributed by atoms with Crippen LogP contribution in [-0.4, -0.2) is 51.6 Å². The average Bonchev–Trinajstić information content (AvgIpc) is 3.06. The minimum absolute atomic E-state index is 0.139. The number of aliphatic hydroxyl groups excluding tert-OH is 1. The van der Waals surface area contributed by atoms with E-state index in [0.29, 0.717) is 0 Å². The van der Waals surface area contributed by atoms with Crippen LogP contribution in [0.3, 0.4) is 0 Å². The maximum absolute atomic E-state index is 13.6. The maximum atomic E-state index is 13.6. The molecule has 3 rings (SSSR count). The Morgan fingerprint density at radius 1 is 1.29 bits per heavy atom. The molecule has 6 atom stereocenters. The van der Waals surface area contributed by atoms with Gasteiger partial charge in [0.15, 0.2) is 4.77 Å². The summed E-state index contributed by atoms with van der Waals surface area (Å²) >= 11 is 5.20. The summed E-state index contributed by atoms with van der Waals surface area (Å²) in [5.41, 5.74) is -0.354. The summed E-state index contributed by atoms with van der Waals surface area (Å²) in [5.74, 6) is -0.797. The molecule has 1 aromatic heterocycles. The van der Waals surface area contributed by atoms with Gasteiger partial charge in [-0.25, -0.2) is 4.57 Å². The normalized spacial score (nSPS) is 24.6. The van der Waals surface area contributed by atoms with E-state index < -0.39 is 44.1 Å². The molecule has 3 N–H and O–H groups in total. The molecule has 192 valence electrons. The molecule has 0 spiro atoms. The van der Waals surface area contributed by atoms with Crippen LogP contribution >= 0.6 is 20.0 Å². The predicted molar refractivity (Wildman–Crippen MR) is 129 cm³/mol. The fraction of sp³-hybridized carbons (Fsp3) is 0.500. The number of aromatic nitrogens is 2. The molecule has 0 bridgehead atoms. The largest absolute Gasteiger partial charge is 0.462 e. The first-order valence-corrected chi connectivity index (χ1v) is 13.1. The highest BCUT2D eigenvalue weighted by atomic mass is 32.1. The van der Waals surface area contributed by atoms with Crippen LogP contribution < -0.4 is 15.2 Å². The van der Waals surface area contributed by atoms with Crippen molar-refractivity contribution in [2.24, 2.45) is 5.92 Å². The Morgan fingerprint density at radius 2 is 1.97 bits per heavy atom. The number of nitrogens with zero attached hydrogens (tertiary/aromatic N) is 1. The first-order chi connectivity index (χ1) is 16.5.